The van der Waals surface area contributed by atoms with Crippen LogP contribution in [0.2, 0.25) is 10.0 Å². The molecular weight excluding hydrogens is 1500 g/mol. The highest BCUT2D eigenvalue weighted by molar-refractivity contribution is 6.32. The van der Waals surface area contributed by atoms with E-state index < -0.39 is 261 Å². The SMILES string of the molecule is CC(=O)N[C@H]1[C@H](O[C@@H]2c3ccc(c(Cl)c3)Oc3cc4cc(c3O)Oc3ccc(cc3Cl)C[C@@H]3NC(=O)[C@H](N)c5ccc(O)c(c5)Oc5cc(O)cc(c5)[C@@H](NC3=O)C(=O)N[C@H]4C(=O)N[C@H]3C(=O)N[C@@H]2C(=O)N[C@H](C(=O)O)c2cc(O)cc(O[C@H]4O[C@H](CO)[C@@H](O)[C@H](O)[C@@H]4O)c2-c2cc3ccc2O)O[C@H](CO)[C@@H](O)[C@@H]1O. The molecule has 8 aliphatic heterocycles. The molecule has 7 aromatic rings. The van der Waals surface area contributed by atoms with Gasteiger partial charge in [0.25, 0.3) is 0 Å². The number of phenols is 5. The third kappa shape index (κ3) is 15.3. The molecule has 7 aromatic carbocycles. The number of carbonyl (C=O) groups is 8. The normalized spacial score (nSPS) is 28.1. The highest BCUT2D eigenvalue weighted by Gasteiger charge is 2.50. The monoisotopic (exact) mass is 1560 g/mol. The van der Waals surface area contributed by atoms with Crippen LogP contribution in [-0.2, 0) is 59.0 Å². The van der Waals surface area contributed by atoms with Gasteiger partial charge in [0.05, 0.1) is 23.3 Å². The third-order valence-electron chi connectivity index (χ3n) is 19.0. The lowest BCUT2D eigenvalue weighted by Crippen LogP contribution is -2.65. The summed E-state index contributed by atoms with van der Waals surface area (Å²) in [6.45, 7) is -1.05. The van der Waals surface area contributed by atoms with Crippen molar-refractivity contribution in [1.82, 2.24) is 37.2 Å². The summed E-state index contributed by atoms with van der Waals surface area (Å²) in [7, 11) is 0. The number of nitrogens with one attached hydrogen (secondary N) is 7. The van der Waals surface area contributed by atoms with Crippen molar-refractivity contribution in [3.8, 4) is 80.1 Å². The second-order valence-electron chi connectivity index (χ2n) is 26.4. The average molecular weight is 1560 g/mol. The first-order chi connectivity index (χ1) is 52.3. The summed E-state index contributed by atoms with van der Waals surface area (Å²) >= 11 is 14.1. The van der Waals surface area contributed by atoms with Crippen molar-refractivity contribution < 1.29 is 138 Å². The molecule has 36 nitrogen and oxygen atoms in total. The van der Waals surface area contributed by atoms with Crippen LogP contribution >= 0.6 is 23.2 Å². The summed E-state index contributed by atoms with van der Waals surface area (Å²) in [6.07, 6.45) is -20.7. The van der Waals surface area contributed by atoms with Crippen molar-refractivity contribution in [1.29, 1.82) is 0 Å². The Morgan fingerprint density at radius 1 is 0.536 bits per heavy atom. The fourth-order valence-corrected chi connectivity index (χ4v) is 13.9. The Labute approximate surface area is 629 Å². The maximum absolute atomic E-state index is 16.4. The average Bonchev–Trinajstić information content (AvgIpc) is 0.766. The Morgan fingerprint density at radius 2 is 1.11 bits per heavy atom. The Morgan fingerprint density at radius 3 is 1.75 bits per heavy atom. The van der Waals surface area contributed by atoms with Crippen LogP contribution in [0.15, 0.2) is 115 Å². The lowest BCUT2D eigenvalue weighted by Gasteiger charge is -2.44. The predicted molar refractivity (Wildman–Crippen MR) is 372 cm³/mol. The number of hydrogen-bond acceptors (Lipinski definition) is 28. The molecule has 110 heavy (non-hydrogen) atoms. The van der Waals surface area contributed by atoms with E-state index in [1.807, 2.05) is 0 Å². The molecule has 22 N–H and O–H groups in total. The highest BCUT2D eigenvalue weighted by atomic mass is 35.5. The van der Waals surface area contributed by atoms with Crippen molar-refractivity contribution in [2.45, 2.75) is 123 Å². The number of aliphatic hydroxyl groups is 7. The summed E-state index contributed by atoms with van der Waals surface area (Å²) in [5.41, 5.74) is 3.25. The highest BCUT2D eigenvalue weighted by Crippen LogP contribution is 2.50. The molecule has 8 aliphatic rings. The zero-order chi connectivity index (χ0) is 78.7. The van der Waals surface area contributed by atoms with Gasteiger partial charge in [-0.3, -0.25) is 33.6 Å². The number of nitrogens with two attached hydrogens (primary N) is 1. The minimum absolute atomic E-state index is 0.0678. The van der Waals surface area contributed by atoms with Gasteiger partial charge < -0.3 is 142 Å². The number of carboxylic acid groups (broad SMARTS) is 1. The molecule has 38 heteroatoms. The molecule has 0 radical (unpaired) electrons. The topological polar surface area (TPSA) is 574 Å². The summed E-state index contributed by atoms with van der Waals surface area (Å²) in [5.74, 6) is -18.0. The van der Waals surface area contributed by atoms with Gasteiger partial charge in [-0.15, -0.1) is 0 Å². The molecule has 0 aliphatic carbocycles. The molecule has 15 rings (SSSR count). The van der Waals surface area contributed by atoms with E-state index in [0.29, 0.717) is 0 Å². The van der Waals surface area contributed by atoms with E-state index in [1.165, 1.54) is 30.3 Å². The molecule has 2 saturated heterocycles. The van der Waals surface area contributed by atoms with Crippen LogP contribution in [0.4, 0.5) is 0 Å². The minimum atomic E-state index is -2.51. The Bertz CT molecular complexity index is 4880. The predicted octanol–water partition coefficient (Wildman–Crippen LogP) is 0.426. The second-order valence-corrected chi connectivity index (χ2v) is 27.3. The van der Waals surface area contributed by atoms with E-state index in [-0.39, 0.29) is 44.5 Å². The fourth-order valence-electron chi connectivity index (χ4n) is 13.5. The van der Waals surface area contributed by atoms with E-state index >= 15 is 24.0 Å². The van der Waals surface area contributed by atoms with Gasteiger partial charge in [-0.25, -0.2) is 4.79 Å². The standard InChI is InChI=1S/C72H68Cl2N8O28/c1-24(85)76-55-60(93)58(91)47(22-83)108-71(55)110-63-28-5-9-42(37(74)15-28)106-46-18-30-17-45(57(46)90)105-41-8-2-25(10-36(41)73)11-38-64(96)78-52(29-12-31(86)19-33(13-29)104-43-16-26(3-7-40(43)89)50(75)65(97)77-38)67(99)80-53(30)68(100)79-51-27-4-6-39(88)34(14-27)49-35(54(70(102)103)81-69(101)56(63)82-66(51)98)20-32(87)21-44(49)107-72-62(95)61(94)59(92)48(23-84)109-72/h2-10,12-21,38,47-48,50-56,58-63,71-72,83-84,86-95H,11,22-23,75H2,1H3,(H,76,85)(H,77,97)(H,78,96)(H,79,100)(H,80,99)(H,81,101)(H,82,98)(H,102,103)/t38-,47+,48+,50+,51+,52+,53+,54-,55+,56-,58+,59+,60+,61-,62-,63+,71-,72-/m0/s1. The van der Waals surface area contributed by atoms with Crippen LogP contribution < -0.4 is 61.9 Å². The summed E-state index contributed by atoms with van der Waals surface area (Å²) in [4.78, 5) is 121. The van der Waals surface area contributed by atoms with Gasteiger partial charge in [0.2, 0.25) is 53.4 Å². The van der Waals surface area contributed by atoms with Gasteiger partial charge in [-0.2, -0.15) is 0 Å². The number of carboxylic acids is 1. The molecule has 0 spiro atoms. The number of hydrogen-bond donors (Lipinski definition) is 21. The van der Waals surface area contributed by atoms with E-state index in [2.05, 4.69) is 37.2 Å². The maximum atomic E-state index is 16.4. The summed E-state index contributed by atoms with van der Waals surface area (Å²) in [5, 5.41) is 163. The van der Waals surface area contributed by atoms with Crippen molar-refractivity contribution >= 4 is 70.5 Å². The third-order valence-corrected chi connectivity index (χ3v) is 19.6. The summed E-state index contributed by atoms with van der Waals surface area (Å²) < 4.78 is 43.0. The minimum Gasteiger partial charge on any atom is -0.508 e. The number of aliphatic hydroxyl groups excluding tert-OH is 7. The van der Waals surface area contributed by atoms with Gasteiger partial charge in [0.15, 0.2) is 35.3 Å². The maximum Gasteiger partial charge on any atom is 0.330 e. The van der Waals surface area contributed by atoms with E-state index in [0.717, 1.165) is 91.9 Å². The molecule has 0 unspecified atom stereocenters. The molecule has 17 bridgehead atoms. The molecule has 0 aromatic heterocycles. The van der Waals surface area contributed by atoms with E-state index in [9.17, 15) is 80.8 Å². The van der Waals surface area contributed by atoms with Crippen molar-refractivity contribution in [2.75, 3.05) is 13.2 Å². The zero-order valence-electron chi connectivity index (χ0n) is 56.8. The first-order valence-electron chi connectivity index (χ1n) is 33.5. The van der Waals surface area contributed by atoms with Gasteiger partial charge in [0, 0.05) is 42.2 Å². The van der Waals surface area contributed by atoms with Gasteiger partial charge in [-0.05, 0) is 112 Å². The van der Waals surface area contributed by atoms with Gasteiger partial charge in [-0.1, -0.05) is 47.5 Å². The number of fused-ring (bicyclic) bond motifs is 14. The van der Waals surface area contributed by atoms with Crippen LogP contribution in [0.25, 0.3) is 11.1 Å². The van der Waals surface area contributed by atoms with Crippen LogP contribution in [-0.4, -0.2) is 200 Å². The molecule has 7 amide bonds. The fraction of sp³-hybridized carbons (Fsp3) is 0.306. The van der Waals surface area contributed by atoms with Gasteiger partial charge in [0.1, 0.15) is 131 Å². The molecule has 18 atom stereocenters. The first-order valence-corrected chi connectivity index (χ1v) is 34.3. The number of benzene rings is 7. The zero-order valence-corrected chi connectivity index (χ0v) is 58.3. The van der Waals surface area contributed by atoms with Gasteiger partial charge >= 0.3 is 5.97 Å². The van der Waals surface area contributed by atoms with Crippen LogP contribution in [0, 0.1) is 0 Å². The van der Waals surface area contributed by atoms with E-state index in [4.69, 9.17) is 62.1 Å². The van der Waals surface area contributed by atoms with Crippen LogP contribution in [0.3, 0.4) is 0 Å². The van der Waals surface area contributed by atoms with E-state index in [1.54, 1.807) is 0 Å². The molecule has 2 fully saturated rings. The molecule has 578 valence electrons. The number of rotatable bonds is 8. The number of phenolic OH excluding ortho intramolecular Hbond substituents is 5. The number of halogens is 2. The summed E-state index contributed by atoms with van der Waals surface area (Å²) in [6, 6.07) is 3.70. The number of aromatic hydroxyl groups is 5. The second kappa shape index (κ2) is 31.0. The van der Waals surface area contributed by atoms with Crippen molar-refractivity contribution in [3.05, 3.63) is 164 Å². The largest absolute Gasteiger partial charge is 0.508 e. The number of ether oxygens (including phenoxy) is 7. The lowest BCUT2D eigenvalue weighted by atomic mass is 9.89. The lowest BCUT2D eigenvalue weighted by molar-refractivity contribution is -0.284. The number of carbonyl (C=O) groups excluding carboxylic acids is 7. The Kier molecular flexibility index (Phi) is 21.6. The Balaban J connectivity index is 1.05. The first kappa shape index (κ1) is 76.8. The number of aliphatic carboxylic acids is 1. The van der Waals surface area contributed by atoms with Crippen LogP contribution in [0.1, 0.15) is 82.2 Å². The van der Waals surface area contributed by atoms with Crippen LogP contribution in [0.5, 0.6) is 69.0 Å². The van der Waals surface area contributed by atoms with Crippen molar-refractivity contribution in [2.24, 2.45) is 5.73 Å². The Hall–Kier alpha value is -11.4. The quantitative estimate of drug-likeness (QED) is 0.0980. The molecule has 0 saturated carbocycles. The van der Waals surface area contributed by atoms with Crippen molar-refractivity contribution in [3.63, 3.8) is 0 Å². The molecule has 8 heterocycles. The smallest absolute Gasteiger partial charge is 0.330 e. The molecular formula is C72H68Cl2N8O28. The number of amides is 7.